The van der Waals surface area contributed by atoms with Crippen molar-refractivity contribution in [2.45, 2.75) is 52.4 Å². The second-order valence-corrected chi connectivity index (χ2v) is 14.2. The summed E-state index contributed by atoms with van der Waals surface area (Å²) >= 11 is 1.85. The Kier molecular flexibility index (Phi) is 6.63. The number of hydrogen-bond donors (Lipinski definition) is 1. The summed E-state index contributed by atoms with van der Waals surface area (Å²) in [5.74, 6) is 0.735. The smallest absolute Gasteiger partial charge is 0.282 e. The predicted molar refractivity (Wildman–Crippen MR) is 153 cm³/mol. The number of nitrogens with zero attached hydrogens (tertiary/aromatic N) is 6. The van der Waals surface area contributed by atoms with Crippen LogP contribution in [0.15, 0.2) is 18.6 Å². The normalized spacial score (nSPS) is 19.4. The largest absolute Gasteiger partial charge is 0.346 e. The Hall–Kier alpha value is -2.31. The van der Waals surface area contributed by atoms with Crippen LogP contribution >= 0.6 is 11.3 Å². The number of aromatic amines is 1. The maximum Gasteiger partial charge on any atom is 0.282 e. The number of H-pyrrole nitrogens is 1. The lowest BCUT2D eigenvalue weighted by Gasteiger charge is -2.38. The monoisotopic (exact) mass is 555 g/mol. The van der Waals surface area contributed by atoms with Gasteiger partial charge in [0.05, 0.1) is 5.69 Å². The van der Waals surface area contributed by atoms with Gasteiger partial charge in [0.25, 0.3) is 10.2 Å². The van der Waals surface area contributed by atoms with Crippen LogP contribution in [0, 0.1) is 13.8 Å². The van der Waals surface area contributed by atoms with Crippen molar-refractivity contribution in [3.05, 3.63) is 40.2 Å². The zero-order chi connectivity index (χ0) is 26.8. The zero-order valence-corrected chi connectivity index (χ0v) is 24.5. The van der Waals surface area contributed by atoms with Gasteiger partial charge >= 0.3 is 0 Å². The summed E-state index contributed by atoms with van der Waals surface area (Å²) in [5, 5.41) is 5.71. The fraction of sp³-hybridized carbons (Fsp3) is 0.556. The second-order valence-electron chi connectivity index (χ2n) is 11.2. The van der Waals surface area contributed by atoms with Crippen molar-refractivity contribution in [1.29, 1.82) is 0 Å². The van der Waals surface area contributed by atoms with E-state index >= 15 is 0 Å². The maximum absolute atomic E-state index is 13.3. The highest BCUT2D eigenvalue weighted by atomic mass is 32.2. The van der Waals surface area contributed by atoms with E-state index in [0.29, 0.717) is 38.0 Å². The van der Waals surface area contributed by atoms with E-state index in [1.54, 1.807) is 14.9 Å². The first kappa shape index (κ1) is 25.9. The summed E-state index contributed by atoms with van der Waals surface area (Å²) in [6, 6.07) is 2.19. The second kappa shape index (κ2) is 9.71. The van der Waals surface area contributed by atoms with E-state index in [1.165, 1.54) is 26.2 Å². The minimum absolute atomic E-state index is 0.349. The van der Waals surface area contributed by atoms with Gasteiger partial charge in [-0.3, -0.25) is 0 Å². The summed E-state index contributed by atoms with van der Waals surface area (Å²) in [6.07, 6.45) is 5.39. The number of hydrogen-bond acceptors (Lipinski definition) is 6. The molecular weight excluding hydrogens is 518 g/mol. The third kappa shape index (κ3) is 4.28. The quantitative estimate of drug-likeness (QED) is 0.396. The summed E-state index contributed by atoms with van der Waals surface area (Å²) < 4.78 is 31.7. The van der Waals surface area contributed by atoms with E-state index in [4.69, 9.17) is 0 Å². The lowest BCUT2D eigenvalue weighted by Crippen LogP contribution is -2.53. The molecule has 9 nitrogen and oxygen atoms in total. The van der Waals surface area contributed by atoms with Crippen molar-refractivity contribution in [2.75, 3.05) is 46.3 Å². The molecule has 0 radical (unpaired) electrons. The fourth-order valence-electron chi connectivity index (χ4n) is 6.21. The van der Waals surface area contributed by atoms with Crippen molar-refractivity contribution >= 4 is 37.4 Å². The zero-order valence-electron chi connectivity index (χ0n) is 22.9. The van der Waals surface area contributed by atoms with Gasteiger partial charge in [-0.2, -0.15) is 22.1 Å². The summed E-state index contributed by atoms with van der Waals surface area (Å²) in [6.45, 7) is 12.8. The number of piperidine rings is 1. The van der Waals surface area contributed by atoms with Crippen LogP contribution in [0.2, 0.25) is 0 Å². The first-order chi connectivity index (χ1) is 18.1. The summed E-state index contributed by atoms with van der Waals surface area (Å²) in [4.78, 5) is 12.9. The van der Waals surface area contributed by atoms with E-state index < -0.39 is 10.2 Å². The van der Waals surface area contributed by atoms with Crippen LogP contribution < -0.4 is 0 Å². The van der Waals surface area contributed by atoms with Gasteiger partial charge < -0.3 is 9.88 Å². The number of aromatic nitrogens is 4. The molecule has 2 saturated heterocycles. The highest BCUT2D eigenvalue weighted by molar-refractivity contribution is 7.86. The van der Waals surface area contributed by atoms with Crippen LogP contribution in [0.3, 0.4) is 0 Å². The number of fused-ring (bicyclic) bond motifs is 2. The number of nitrogens with one attached hydrogen (secondary N) is 1. The third-order valence-corrected chi connectivity index (χ3v) is 11.7. The molecule has 6 rings (SSSR count). The Morgan fingerprint density at radius 2 is 1.74 bits per heavy atom. The molecule has 11 heteroatoms. The molecule has 204 valence electrons. The SMILES string of the molecule is Cc1c(C2CCN(S(=O)(=O)N3CCN(C)CC3)CC2)sc2[nH]c(-c3cc(C)c4ncnn4c3)c(C(C)C)c12. The minimum Gasteiger partial charge on any atom is -0.346 e. The molecule has 0 aliphatic carbocycles. The van der Waals surface area contributed by atoms with Crippen molar-refractivity contribution in [3.8, 4) is 11.3 Å². The molecule has 0 bridgehead atoms. The lowest BCUT2D eigenvalue weighted by molar-refractivity contribution is 0.205. The van der Waals surface area contributed by atoms with Gasteiger partial charge in [-0.05, 0) is 68.3 Å². The molecule has 2 aliphatic heterocycles. The summed E-state index contributed by atoms with van der Waals surface area (Å²) in [7, 11) is -1.34. The molecule has 2 fully saturated rings. The highest BCUT2D eigenvalue weighted by Crippen LogP contribution is 2.46. The van der Waals surface area contributed by atoms with E-state index in [-0.39, 0.29) is 0 Å². The molecule has 0 atom stereocenters. The van der Waals surface area contributed by atoms with Crippen LogP contribution in [0.5, 0.6) is 0 Å². The Morgan fingerprint density at radius 1 is 1.05 bits per heavy atom. The number of rotatable bonds is 5. The molecule has 6 heterocycles. The van der Waals surface area contributed by atoms with Gasteiger partial charge in [0.15, 0.2) is 5.65 Å². The lowest BCUT2D eigenvalue weighted by atomic mass is 9.91. The van der Waals surface area contributed by atoms with E-state index in [9.17, 15) is 8.42 Å². The molecule has 4 aromatic rings. The van der Waals surface area contributed by atoms with Crippen LogP contribution in [-0.4, -0.2) is 87.8 Å². The predicted octanol–water partition coefficient (Wildman–Crippen LogP) is 4.35. The first-order valence-electron chi connectivity index (χ1n) is 13.5. The van der Waals surface area contributed by atoms with Crippen LogP contribution in [0.1, 0.15) is 60.1 Å². The van der Waals surface area contributed by atoms with E-state index in [1.807, 2.05) is 22.9 Å². The Morgan fingerprint density at radius 3 is 2.42 bits per heavy atom. The van der Waals surface area contributed by atoms with E-state index in [2.05, 4.69) is 59.9 Å². The number of thiophene rings is 1. The van der Waals surface area contributed by atoms with Gasteiger partial charge in [-0.15, -0.1) is 11.3 Å². The highest BCUT2D eigenvalue weighted by Gasteiger charge is 2.36. The molecule has 4 aromatic heterocycles. The van der Waals surface area contributed by atoms with Crippen LogP contribution in [-0.2, 0) is 10.2 Å². The van der Waals surface area contributed by atoms with Crippen molar-refractivity contribution in [1.82, 2.24) is 33.1 Å². The number of aryl methyl sites for hydroxylation is 2. The van der Waals surface area contributed by atoms with Crippen LogP contribution in [0.25, 0.3) is 27.1 Å². The molecular formula is C27H37N7O2S2. The molecule has 0 unspecified atom stereocenters. The van der Waals surface area contributed by atoms with Crippen molar-refractivity contribution in [3.63, 3.8) is 0 Å². The van der Waals surface area contributed by atoms with Gasteiger partial charge in [0.1, 0.15) is 11.2 Å². The van der Waals surface area contributed by atoms with Crippen molar-refractivity contribution in [2.24, 2.45) is 0 Å². The number of piperazine rings is 1. The molecule has 2 aliphatic rings. The summed E-state index contributed by atoms with van der Waals surface area (Å²) in [5.41, 5.74) is 6.94. The molecule has 0 spiro atoms. The van der Waals surface area contributed by atoms with Gasteiger partial charge in [0.2, 0.25) is 0 Å². The Balaban J connectivity index is 1.27. The molecule has 0 amide bonds. The van der Waals surface area contributed by atoms with Gasteiger partial charge in [0, 0.05) is 61.3 Å². The molecule has 0 aromatic carbocycles. The maximum atomic E-state index is 13.3. The Bertz CT molecular complexity index is 1580. The van der Waals surface area contributed by atoms with Crippen molar-refractivity contribution < 1.29 is 8.42 Å². The average molecular weight is 556 g/mol. The number of likely N-dealkylation sites (N-methyl/N-ethyl adjacent to an activating group) is 1. The topological polar surface area (TPSA) is 89.8 Å². The molecule has 0 saturated carbocycles. The molecule has 38 heavy (non-hydrogen) atoms. The fourth-order valence-corrected chi connectivity index (χ4v) is 9.22. The Labute approximate surface area is 228 Å². The molecule has 1 N–H and O–H groups in total. The van der Waals surface area contributed by atoms with Gasteiger partial charge in [-0.1, -0.05) is 13.8 Å². The van der Waals surface area contributed by atoms with Gasteiger partial charge in [-0.25, -0.2) is 9.50 Å². The first-order valence-corrected chi connectivity index (χ1v) is 15.8. The average Bonchev–Trinajstić information content (AvgIpc) is 3.59. The standard InChI is InChI=1S/C27H37N7O2S2/c1-17(2)22-23-19(4)25(20-6-8-32(9-7-20)38(35,36)33-12-10-31(5)11-13-33)37-27(23)30-24(22)21-14-18(3)26-28-16-29-34(26)15-21/h14-17,20,30H,6-13H2,1-5H3. The van der Waals surface area contributed by atoms with Crippen LogP contribution in [0.4, 0.5) is 0 Å². The number of pyridine rings is 1. The van der Waals surface area contributed by atoms with E-state index in [0.717, 1.165) is 48.4 Å². The minimum atomic E-state index is -3.38. The third-order valence-electron chi connectivity index (χ3n) is 8.33.